The lowest BCUT2D eigenvalue weighted by Gasteiger charge is -2.22. The number of fused-ring (bicyclic) bond motifs is 1. The second kappa shape index (κ2) is 3.55. The smallest absolute Gasteiger partial charge is 0.128 e. The molecule has 2 aromatic rings. The highest BCUT2D eigenvalue weighted by atomic mass is 16.3. The molecule has 0 spiro atoms. The first-order valence-electron chi connectivity index (χ1n) is 5.30. The van der Waals surface area contributed by atoms with Crippen molar-refractivity contribution >= 4 is 0 Å². The van der Waals surface area contributed by atoms with E-state index in [1.807, 2.05) is 6.07 Å². The van der Waals surface area contributed by atoms with Crippen LogP contribution in [-0.2, 0) is 6.42 Å². The predicted molar refractivity (Wildman–Crippen MR) is 58.7 cm³/mol. The van der Waals surface area contributed by atoms with E-state index in [9.17, 15) is 0 Å². The van der Waals surface area contributed by atoms with Crippen LogP contribution in [0, 0.1) is 0 Å². The first-order chi connectivity index (χ1) is 7.45. The zero-order valence-corrected chi connectivity index (χ0v) is 8.44. The minimum absolute atomic E-state index is 0.227. The Kier molecular flexibility index (Phi) is 2.07. The van der Waals surface area contributed by atoms with Crippen LogP contribution in [0.2, 0.25) is 0 Å². The van der Waals surface area contributed by atoms with Crippen molar-refractivity contribution in [1.82, 2.24) is 5.32 Å². The van der Waals surface area contributed by atoms with Crippen molar-refractivity contribution in [3.05, 3.63) is 59.5 Å². The zero-order valence-electron chi connectivity index (χ0n) is 8.44. The number of furan rings is 1. The highest BCUT2D eigenvalue weighted by molar-refractivity contribution is 5.33. The molecule has 1 N–H and O–H groups in total. The van der Waals surface area contributed by atoms with Crippen LogP contribution < -0.4 is 5.32 Å². The molecule has 1 aromatic carbocycles. The molecule has 2 heterocycles. The molecule has 0 aliphatic carbocycles. The van der Waals surface area contributed by atoms with Gasteiger partial charge in [0.1, 0.15) is 5.76 Å². The molecule has 0 fully saturated rings. The summed E-state index contributed by atoms with van der Waals surface area (Å²) in [4.78, 5) is 0. The Bertz CT molecular complexity index is 447. The molecule has 15 heavy (non-hydrogen) atoms. The first-order valence-corrected chi connectivity index (χ1v) is 5.30. The molecule has 0 amide bonds. The molecule has 1 aliphatic heterocycles. The Morgan fingerprint density at radius 3 is 2.87 bits per heavy atom. The molecule has 3 rings (SSSR count). The van der Waals surface area contributed by atoms with Gasteiger partial charge < -0.3 is 9.73 Å². The monoisotopic (exact) mass is 199 g/mol. The van der Waals surface area contributed by atoms with Crippen LogP contribution in [0.25, 0.3) is 0 Å². The summed E-state index contributed by atoms with van der Waals surface area (Å²) in [5, 5.41) is 3.48. The van der Waals surface area contributed by atoms with Gasteiger partial charge in [-0.05, 0) is 23.6 Å². The topological polar surface area (TPSA) is 25.2 Å². The van der Waals surface area contributed by atoms with E-state index < -0.39 is 0 Å². The van der Waals surface area contributed by atoms with Gasteiger partial charge in [0.25, 0.3) is 0 Å². The SMILES string of the molecule is c1ccc(C2NCCc3ccoc32)cc1. The third-order valence-electron chi connectivity index (χ3n) is 2.92. The lowest BCUT2D eigenvalue weighted by Crippen LogP contribution is -2.29. The summed E-state index contributed by atoms with van der Waals surface area (Å²) >= 11 is 0. The number of rotatable bonds is 1. The fraction of sp³-hybridized carbons (Fsp3) is 0.231. The highest BCUT2D eigenvalue weighted by Crippen LogP contribution is 2.28. The van der Waals surface area contributed by atoms with Gasteiger partial charge in [-0.15, -0.1) is 0 Å². The highest BCUT2D eigenvalue weighted by Gasteiger charge is 2.23. The van der Waals surface area contributed by atoms with Gasteiger partial charge in [-0.3, -0.25) is 0 Å². The Morgan fingerprint density at radius 2 is 2.00 bits per heavy atom. The van der Waals surface area contributed by atoms with Crippen LogP contribution >= 0.6 is 0 Å². The molecule has 2 nitrogen and oxygen atoms in total. The second-order valence-electron chi connectivity index (χ2n) is 3.86. The van der Waals surface area contributed by atoms with Crippen LogP contribution in [0.1, 0.15) is 22.9 Å². The molecule has 0 bridgehead atoms. The van der Waals surface area contributed by atoms with E-state index in [1.165, 1.54) is 11.1 Å². The average Bonchev–Trinajstić information content (AvgIpc) is 2.78. The molecule has 0 radical (unpaired) electrons. The summed E-state index contributed by atoms with van der Waals surface area (Å²) in [5.41, 5.74) is 2.61. The maximum absolute atomic E-state index is 5.56. The van der Waals surface area contributed by atoms with E-state index in [1.54, 1.807) is 6.26 Å². The van der Waals surface area contributed by atoms with E-state index in [4.69, 9.17) is 4.42 Å². The zero-order chi connectivity index (χ0) is 10.1. The third kappa shape index (κ3) is 1.47. The van der Waals surface area contributed by atoms with Gasteiger partial charge in [0, 0.05) is 6.54 Å². The molecule has 1 aromatic heterocycles. The summed E-state index contributed by atoms with van der Waals surface area (Å²) in [5.74, 6) is 1.08. The number of hydrogen-bond acceptors (Lipinski definition) is 2. The first kappa shape index (κ1) is 8.74. The summed E-state index contributed by atoms with van der Waals surface area (Å²) in [6.07, 6.45) is 2.85. The molecule has 1 atom stereocenters. The van der Waals surface area contributed by atoms with E-state index in [2.05, 4.69) is 35.6 Å². The predicted octanol–water partition coefficient (Wildman–Crippen LogP) is 2.51. The van der Waals surface area contributed by atoms with Gasteiger partial charge in [-0.1, -0.05) is 30.3 Å². The van der Waals surface area contributed by atoms with Crippen LogP contribution in [0.4, 0.5) is 0 Å². The molecular weight excluding hydrogens is 186 g/mol. The van der Waals surface area contributed by atoms with Gasteiger partial charge in [0.15, 0.2) is 0 Å². The maximum Gasteiger partial charge on any atom is 0.128 e. The molecule has 0 saturated heterocycles. The van der Waals surface area contributed by atoms with Crippen molar-refractivity contribution < 1.29 is 4.42 Å². The van der Waals surface area contributed by atoms with Crippen molar-refractivity contribution in [3.8, 4) is 0 Å². The minimum Gasteiger partial charge on any atom is -0.467 e. The summed E-state index contributed by atoms with van der Waals surface area (Å²) in [6.45, 7) is 1.02. The Morgan fingerprint density at radius 1 is 1.13 bits per heavy atom. The summed E-state index contributed by atoms with van der Waals surface area (Å²) in [6, 6.07) is 12.7. The number of benzene rings is 1. The van der Waals surface area contributed by atoms with E-state index >= 15 is 0 Å². The molecule has 1 aliphatic rings. The standard InChI is InChI=1S/C13H13NO/c1-2-4-10(5-3-1)12-13-11(6-8-14-12)7-9-15-13/h1-5,7,9,12,14H,6,8H2. The Balaban J connectivity index is 2.03. The number of nitrogens with one attached hydrogen (secondary N) is 1. The van der Waals surface area contributed by atoms with Crippen LogP contribution in [0.3, 0.4) is 0 Å². The third-order valence-corrected chi connectivity index (χ3v) is 2.92. The van der Waals surface area contributed by atoms with Gasteiger partial charge in [-0.25, -0.2) is 0 Å². The molecule has 2 heteroatoms. The van der Waals surface area contributed by atoms with E-state index in [-0.39, 0.29) is 6.04 Å². The molecular formula is C13H13NO. The lowest BCUT2D eigenvalue weighted by molar-refractivity contribution is 0.425. The van der Waals surface area contributed by atoms with Gasteiger partial charge in [0.2, 0.25) is 0 Å². The van der Waals surface area contributed by atoms with Crippen LogP contribution in [-0.4, -0.2) is 6.54 Å². The van der Waals surface area contributed by atoms with Crippen molar-refractivity contribution in [2.45, 2.75) is 12.5 Å². The average molecular weight is 199 g/mol. The fourth-order valence-electron chi connectivity index (χ4n) is 2.17. The van der Waals surface area contributed by atoms with Gasteiger partial charge in [0.05, 0.1) is 12.3 Å². The molecule has 0 saturated carbocycles. The van der Waals surface area contributed by atoms with E-state index in [0.717, 1.165) is 18.7 Å². The van der Waals surface area contributed by atoms with E-state index in [0.29, 0.717) is 0 Å². The normalized spacial score (nSPS) is 19.9. The maximum atomic E-state index is 5.56. The summed E-state index contributed by atoms with van der Waals surface area (Å²) in [7, 11) is 0. The summed E-state index contributed by atoms with van der Waals surface area (Å²) < 4.78 is 5.56. The Labute approximate surface area is 88.9 Å². The fourth-order valence-corrected chi connectivity index (χ4v) is 2.17. The lowest BCUT2D eigenvalue weighted by atomic mass is 9.97. The number of hydrogen-bond donors (Lipinski definition) is 1. The molecule has 76 valence electrons. The van der Waals surface area contributed by atoms with Crippen molar-refractivity contribution in [3.63, 3.8) is 0 Å². The van der Waals surface area contributed by atoms with Crippen molar-refractivity contribution in [2.75, 3.05) is 6.54 Å². The van der Waals surface area contributed by atoms with Gasteiger partial charge in [-0.2, -0.15) is 0 Å². The largest absolute Gasteiger partial charge is 0.467 e. The quantitative estimate of drug-likeness (QED) is 0.763. The van der Waals surface area contributed by atoms with Crippen molar-refractivity contribution in [2.24, 2.45) is 0 Å². The van der Waals surface area contributed by atoms with Gasteiger partial charge >= 0.3 is 0 Å². The van der Waals surface area contributed by atoms with Crippen LogP contribution in [0.15, 0.2) is 47.1 Å². The molecule has 1 unspecified atom stereocenters. The Hall–Kier alpha value is -1.54. The second-order valence-corrected chi connectivity index (χ2v) is 3.86. The minimum atomic E-state index is 0.227. The van der Waals surface area contributed by atoms with Crippen LogP contribution in [0.5, 0.6) is 0 Å². The van der Waals surface area contributed by atoms with Crippen molar-refractivity contribution in [1.29, 1.82) is 0 Å².